The third-order valence-corrected chi connectivity index (χ3v) is 6.78. The fourth-order valence-electron chi connectivity index (χ4n) is 4.65. The molecule has 3 aromatic rings. The van der Waals surface area contributed by atoms with Gasteiger partial charge in [0.25, 0.3) is 0 Å². The Bertz CT molecular complexity index is 1230. The van der Waals surface area contributed by atoms with Crippen molar-refractivity contribution in [3.63, 3.8) is 0 Å². The highest BCUT2D eigenvalue weighted by molar-refractivity contribution is 5.84. The summed E-state index contributed by atoms with van der Waals surface area (Å²) in [5.41, 5.74) is 1.50. The van der Waals surface area contributed by atoms with Gasteiger partial charge in [-0.1, -0.05) is 61.5 Å². The van der Waals surface area contributed by atoms with Crippen molar-refractivity contribution in [2.75, 3.05) is 17.2 Å². The van der Waals surface area contributed by atoms with E-state index in [1.165, 1.54) is 19.3 Å². The van der Waals surface area contributed by atoms with E-state index in [1.807, 2.05) is 47.3 Å². The molecule has 0 bridgehead atoms. The van der Waals surface area contributed by atoms with E-state index >= 15 is 0 Å². The fourth-order valence-corrected chi connectivity index (χ4v) is 4.65. The first kappa shape index (κ1) is 26.8. The molecule has 0 radical (unpaired) electrons. The first-order valence-corrected chi connectivity index (χ1v) is 13.1. The van der Waals surface area contributed by atoms with Gasteiger partial charge in [0.15, 0.2) is 5.69 Å². The number of benzene rings is 1. The lowest BCUT2D eigenvalue weighted by Gasteiger charge is -2.27. The van der Waals surface area contributed by atoms with Crippen molar-refractivity contribution in [3.05, 3.63) is 76.7 Å². The molecule has 3 N–H and O–H groups in total. The lowest BCUT2D eigenvalue weighted by atomic mass is 9.84. The average molecular weight is 515 g/mol. The topological polar surface area (TPSA) is 118 Å². The smallest absolute Gasteiger partial charge is 0.242 e. The Morgan fingerprint density at radius 1 is 1.16 bits per heavy atom. The number of nitrogens with one attached hydrogen (secondary N) is 3. The zero-order valence-electron chi connectivity index (χ0n) is 21.6. The summed E-state index contributed by atoms with van der Waals surface area (Å²) >= 11 is 0. The van der Waals surface area contributed by atoms with E-state index < -0.39 is 12.1 Å². The van der Waals surface area contributed by atoms with Gasteiger partial charge in [-0.15, -0.1) is 0 Å². The molecule has 2 heterocycles. The number of amides is 1. The average Bonchev–Trinajstić information content (AvgIpc) is 3.50. The van der Waals surface area contributed by atoms with Gasteiger partial charge in [-0.3, -0.25) is 4.79 Å². The van der Waals surface area contributed by atoms with Gasteiger partial charge in [0.2, 0.25) is 11.9 Å². The number of aromatic nitrogens is 3. The fraction of sp³-hybridized carbons (Fsp3) is 0.429. The number of carbonyl (C=O) groups excluding carboxylic acids is 1. The Labute approximate surface area is 223 Å². The summed E-state index contributed by atoms with van der Waals surface area (Å²) in [6, 6.07) is 12.0. The van der Waals surface area contributed by atoms with E-state index in [0.717, 1.165) is 18.4 Å². The molecule has 1 saturated carbocycles. The molecule has 4 rings (SSSR count). The lowest BCUT2D eigenvalue weighted by molar-refractivity contribution is -0.122. The van der Waals surface area contributed by atoms with Crippen molar-refractivity contribution in [1.82, 2.24) is 19.9 Å². The molecule has 0 aliphatic heterocycles. The number of hydrogen-bond acceptors (Lipinski definition) is 7. The molecule has 1 amide bonds. The van der Waals surface area contributed by atoms with Gasteiger partial charge in [-0.2, -0.15) is 14.9 Å². The van der Waals surface area contributed by atoms with Gasteiger partial charge in [-0.05, 0) is 37.0 Å². The predicted octanol–water partition coefficient (Wildman–Crippen LogP) is 5.45. The first-order valence-electron chi connectivity index (χ1n) is 13.1. The van der Waals surface area contributed by atoms with E-state index in [9.17, 15) is 9.70 Å². The Kier molecular flexibility index (Phi) is 9.40. The summed E-state index contributed by atoms with van der Waals surface area (Å²) in [5.74, 6) is 1.88. The number of hydrogen-bond donors (Lipinski definition) is 3. The van der Waals surface area contributed by atoms with Gasteiger partial charge in [0.05, 0.1) is 6.57 Å². The normalized spacial score (nSPS) is 15.2. The number of nitroso groups, excluding NO2 is 1. The van der Waals surface area contributed by atoms with Crippen LogP contribution in [0.3, 0.4) is 0 Å². The second-order valence-electron chi connectivity index (χ2n) is 9.79. The lowest BCUT2D eigenvalue weighted by Crippen LogP contribution is -2.41. The van der Waals surface area contributed by atoms with Crippen molar-refractivity contribution in [2.45, 2.75) is 64.1 Å². The summed E-state index contributed by atoms with van der Waals surface area (Å²) in [6.45, 7) is 9.51. The quantitative estimate of drug-likeness (QED) is 0.218. The van der Waals surface area contributed by atoms with Crippen molar-refractivity contribution in [1.29, 1.82) is 0 Å². The molecule has 0 spiro atoms. The summed E-state index contributed by atoms with van der Waals surface area (Å²) in [4.78, 5) is 36.9. The van der Waals surface area contributed by atoms with Crippen molar-refractivity contribution in [3.8, 4) is 5.82 Å². The van der Waals surface area contributed by atoms with E-state index in [1.54, 1.807) is 19.1 Å². The summed E-state index contributed by atoms with van der Waals surface area (Å²) < 4.78 is 1.86. The number of nitrogens with zero attached hydrogens (tertiary/aromatic N) is 5. The highest BCUT2D eigenvalue weighted by atomic mass is 16.3. The van der Waals surface area contributed by atoms with E-state index in [2.05, 4.69) is 35.9 Å². The molecule has 198 valence electrons. The minimum absolute atomic E-state index is 0.0979. The van der Waals surface area contributed by atoms with Crippen molar-refractivity contribution in [2.24, 2.45) is 11.1 Å². The maximum Gasteiger partial charge on any atom is 0.242 e. The molecule has 2 atom stereocenters. The molecule has 38 heavy (non-hydrogen) atoms. The second-order valence-corrected chi connectivity index (χ2v) is 9.79. The molecule has 1 aliphatic rings. The van der Waals surface area contributed by atoms with Gasteiger partial charge >= 0.3 is 0 Å². The molecule has 1 unspecified atom stereocenters. The number of rotatable bonds is 12. The van der Waals surface area contributed by atoms with Crippen LogP contribution in [-0.4, -0.2) is 39.1 Å². The van der Waals surface area contributed by atoms with Crippen LogP contribution in [0, 0.1) is 17.4 Å². The zero-order valence-corrected chi connectivity index (χ0v) is 21.6. The van der Waals surface area contributed by atoms with Gasteiger partial charge in [0, 0.05) is 31.5 Å². The monoisotopic (exact) mass is 514 g/mol. The van der Waals surface area contributed by atoms with Crippen LogP contribution < -0.4 is 16.0 Å². The van der Waals surface area contributed by atoms with E-state index in [-0.39, 0.29) is 5.91 Å². The van der Waals surface area contributed by atoms with Gasteiger partial charge < -0.3 is 20.5 Å². The molecular formula is C28H34N8O2. The van der Waals surface area contributed by atoms with Gasteiger partial charge in [-0.25, -0.2) is 4.85 Å². The third kappa shape index (κ3) is 7.62. The van der Waals surface area contributed by atoms with Crippen molar-refractivity contribution >= 4 is 23.4 Å². The Balaban J connectivity index is 1.53. The van der Waals surface area contributed by atoms with Crippen LogP contribution in [0.15, 0.2) is 60.0 Å². The van der Waals surface area contributed by atoms with Crippen LogP contribution in [0.4, 0.5) is 17.5 Å². The molecule has 1 aromatic carbocycles. The van der Waals surface area contributed by atoms with E-state index in [4.69, 9.17) is 6.57 Å². The van der Waals surface area contributed by atoms with Crippen LogP contribution in [0.1, 0.15) is 51.0 Å². The van der Waals surface area contributed by atoms with Crippen molar-refractivity contribution < 1.29 is 4.79 Å². The maximum absolute atomic E-state index is 13.4. The Hall–Kier alpha value is -4.26. The summed E-state index contributed by atoms with van der Waals surface area (Å²) in [7, 11) is 0. The Morgan fingerprint density at radius 3 is 2.58 bits per heavy atom. The standard InChI is InChI=1S/C28H34N8O2/c1-20(35-38)18-31-28-33-25(17-26(34-28)36-14-6-7-15-36)32-24(16-21-8-4-3-5-9-21)27(37)30-19-22-10-12-23(29-2)13-11-22/h6-7,10-15,17,20-21,24H,3-5,8-9,16,18-19H2,1H3,(H,30,37)(H2,31,32,33,34)/t20?,24-/m1/s1. The SMILES string of the molecule is [C-]#[N+]c1ccc(CNC(=O)[C@@H](CC2CCCCC2)Nc2cc(-n3cccc3)nc(NCC(C)N=O)n2)cc1. The van der Waals surface area contributed by atoms with Crippen LogP contribution in [0.25, 0.3) is 10.7 Å². The highest BCUT2D eigenvalue weighted by Gasteiger charge is 2.25. The molecule has 0 saturated heterocycles. The first-order chi connectivity index (χ1) is 18.5. The zero-order chi connectivity index (χ0) is 26.7. The number of carbonyl (C=O) groups is 1. The van der Waals surface area contributed by atoms with Crippen LogP contribution in [0.2, 0.25) is 0 Å². The minimum atomic E-state index is -0.476. The van der Waals surface area contributed by atoms with Crippen LogP contribution in [0.5, 0.6) is 0 Å². The predicted molar refractivity (Wildman–Crippen MR) is 148 cm³/mol. The third-order valence-electron chi connectivity index (χ3n) is 6.78. The second kappa shape index (κ2) is 13.3. The molecule has 10 heteroatoms. The van der Waals surface area contributed by atoms with Crippen LogP contribution >= 0.6 is 0 Å². The molecular weight excluding hydrogens is 480 g/mol. The molecule has 10 nitrogen and oxygen atoms in total. The molecule has 2 aromatic heterocycles. The van der Waals surface area contributed by atoms with E-state index in [0.29, 0.717) is 48.7 Å². The minimum Gasteiger partial charge on any atom is -0.358 e. The molecule has 1 aliphatic carbocycles. The largest absolute Gasteiger partial charge is 0.358 e. The summed E-state index contributed by atoms with van der Waals surface area (Å²) in [6.07, 6.45) is 10.3. The van der Waals surface area contributed by atoms with Gasteiger partial charge in [0.1, 0.15) is 23.7 Å². The van der Waals surface area contributed by atoms with Crippen LogP contribution in [-0.2, 0) is 11.3 Å². The molecule has 1 fully saturated rings. The Morgan fingerprint density at radius 2 is 1.89 bits per heavy atom. The highest BCUT2D eigenvalue weighted by Crippen LogP contribution is 2.28. The maximum atomic E-state index is 13.4. The summed E-state index contributed by atoms with van der Waals surface area (Å²) in [5, 5.41) is 12.6. The number of anilines is 2.